The van der Waals surface area contributed by atoms with Crippen molar-refractivity contribution in [1.82, 2.24) is 0 Å². The lowest BCUT2D eigenvalue weighted by molar-refractivity contribution is 0.149. The molecule has 84 valence electrons. The van der Waals surface area contributed by atoms with Crippen molar-refractivity contribution in [2.75, 3.05) is 0 Å². The second-order valence-electron chi connectivity index (χ2n) is 3.45. The summed E-state index contributed by atoms with van der Waals surface area (Å²) in [5, 5.41) is 10.6. The van der Waals surface area contributed by atoms with E-state index in [0.29, 0.717) is 21.9 Å². The number of rotatable bonds is 3. The van der Waals surface area contributed by atoms with E-state index in [-0.39, 0.29) is 0 Å². The molecule has 2 nitrogen and oxygen atoms in total. The SMILES string of the molecule is OC(Cc1ccccc1Cl)c1ccc(Br)o1. The van der Waals surface area contributed by atoms with E-state index >= 15 is 0 Å². The van der Waals surface area contributed by atoms with E-state index in [0.717, 1.165) is 5.56 Å². The third-order valence-corrected chi connectivity index (χ3v) is 3.09. The van der Waals surface area contributed by atoms with Crippen LogP contribution >= 0.6 is 27.5 Å². The topological polar surface area (TPSA) is 33.4 Å². The number of hydrogen-bond donors (Lipinski definition) is 1. The number of aliphatic hydroxyl groups is 1. The molecule has 0 bridgehead atoms. The molecule has 4 heteroatoms. The van der Waals surface area contributed by atoms with E-state index in [4.69, 9.17) is 16.0 Å². The van der Waals surface area contributed by atoms with E-state index in [9.17, 15) is 5.11 Å². The first-order chi connectivity index (χ1) is 7.66. The molecule has 1 unspecified atom stereocenters. The smallest absolute Gasteiger partial charge is 0.169 e. The molecule has 16 heavy (non-hydrogen) atoms. The van der Waals surface area contributed by atoms with Crippen LogP contribution < -0.4 is 0 Å². The van der Waals surface area contributed by atoms with Crippen LogP contribution in [0.2, 0.25) is 5.02 Å². The molecule has 0 aliphatic rings. The van der Waals surface area contributed by atoms with Crippen LogP contribution in [0.3, 0.4) is 0 Å². The number of hydrogen-bond acceptors (Lipinski definition) is 2. The van der Waals surface area contributed by atoms with Crippen molar-refractivity contribution in [1.29, 1.82) is 0 Å². The second kappa shape index (κ2) is 5.04. The fourth-order valence-corrected chi connectivity index (χ4v) is 2.01. The zero-order valence-electron chi connectivity index (χ0n) is 8.36. The molecule has 0 saturated carbocycles. The molecule has 2 rings (SSSR count). The Morgan fingerprint density at radius 1 is 1.25 bits per heavy atom. The van der Waals surface area contributed by atoms with Gasteiger partial charge in [0.25, 0.3) is 0 Å². The van der Waals surface area contributed by atoms with Crippen LogP contribution in [-0.4, -0.2) is 5.11 Å². The number of aliphatic hydroxyl groups excluding tert-OH is 1. The van der Waals surface area contributed by atoms with Gasteiger partial charge in [-0.1, -0.05) is 29.8 Å². The van der Waals surface area contributed by atoms with Crippen LogP contribution in [-0.2, 0) is 6.42 Å². The third kappa shape index (κ3) is 2.67. The van der Waals surface area contributed by atoms with E-state index in [1.54, 1.807) is 12.1 Å². The molecule has 0 aliphatic carbocycles. The number of furan rings is 1. The summed E-state index contributed by atoms with van der Waals surface area (Å²) in [5.74, 6) is 0.534. The highest BCUT2D eigenvalue weighted by molar-refractivity contribution is 9.10. The van der Waals surface area contributed by atoms with Crippen LogP contribution in [0.1, 0.15) is 17.4 Å². The molecule has 1 aromatic carbocycles. The number of halogens is 2. The average Bonchev–Trinajstić information content (AvgIpc) is 2.68. The Labute approximate surface area is 107 Å². The van der Waals surface area contributed by atoms with Gasteiger partial charge in [-0.2, -0.15) is 0 Å². The summed E-state index contributed by atoms with van der Waals surface area (Å²) in [4.78, 5) is 0. The Hall–Kier alpha value is -0.770. The molecule has 0 aliphatic heterocycles. The van der Waals surface area contributed by atoms with Crippen LogP contribution in [0.25, 0.3) is 0 Å². The summed E-state index contributed by atoms with van der Waals surface area (Å²) < 4.78 is 5.89. The summed E-state index contributed by atoms with van der Waals surface area (Å²) in [5.41, 5.74) is 0.907. The van der Waals surface area contributed by atoms with Gasteiger partial charge >= 0.3 is 0 Å². The molecule has 1 N–H and O–H groups in total. The first-order valence-corrected chi connectivity index (χ1v) is 6.00. The largest absolute Gasteiger partial charge is 0.452 e. The third-order valence-electron chi connectivity index (χ3n) is 2.29. The molecule has 2 aromatic rings. The Balaban J connectivity index is 2.13. The lowest BCUT2D eigenvalue weighted by Gasteiger charge is -2.08. The molecule has 1 aromatic heterocycles. The minimum Gasteiger partial charge on any atom is -0.452 e. The molecule has 0 fully saturated rings. The van der Waals surface area contributed by atoms with Gasteiger partial charge in [-0.15, -0.1) is 0 Å². The van der Waals surface area contributed by atoms with Gasteiger partial charge < -0.3 is 9.52 Å². The van der Waals surface area contributed by atoms with Crippen molar-refractivity contribution >= 4 is 27.5 Å². The highest BCUT2D eigenvalue weighted by Crippen LogP contribution is 2.26. The van der Waals surface area contributed by atoms with Crippen molar-refractivity contribution in [3.63, 3.8) is 0 Å². The van der Waals surface area contributed by atoms with Crippen LogP contribution in [0.4, 0.5) is 0 Å². The summed E-state index contributed by atoms with van der Waals surface area (Å²) >= 11 is 9.21. The summed E-state index contributed by atoms with van der Waals surface area (Å²) in [6, 6.07) is 11.0. The zero-order valence-corrected chi connectivity index (χ0v) is 10.7. The van der Waals surface area contributed by atoms with Gasteiger partial charge in [0.2, 0.25) is 0 Å². The average molecular weight is 302 g/mol. The Bertz CT molecular complexity index is 481. The first-order valence-electron chi connectivity index (χ1n) is 4.83. The fourth-order valence-electron chi connectivity index (χ4n) is 1.48. The monoisotopic (exact) mass is 300 g/mol. The molecule has 0 amide bonds. The van der Waals surface area contributed by atoms with E-state index in [2.05, 4.69) is 15.9 Å². The summed E-state index contributed by atoms with van der Waals surface area (Å²) in [6.07, 6.45) is -0.231. The normalized spacial score (nSPS) is 12.7. The van der Waals surface area contributed by atoms with E-state index in [1.807, 2.05) is 24.3 Å². The summed E-state index contributed by atoms with van der Waals surface area (Å²) in [6.45, 7) is 0. The maximum atomic E-state index is 9.94. The van der Waals surface area contributed by atoms with Crippen molar-refractivity contribution < 1.29 is 9.52 Å². The van der Waals surface area contributed by atoms with E-state index < -0.39 is 6.10 Å². The Morgan fingerprint density at radius 2 is 2.00 bits per heavy atom. The van der Waals surface area contributed by atoms with Gasteiger partial charge in [-0.05, 0) is 39.7 Å². The van der Waals surface area contributed by atoms with Crippen molar-refractivity contribution in [2.24, 2.45) is 0 Å². The minimum atomic E-state index is -0.675. The van der Waals surface area contributed by atoms with Crippen molar-refractivity contribution in [3.05, 3.63) is 57.4 Å². The minimum absolute atomic E-state index is 0.444. The maximum absolute atomic E-state index is 9.94. The predicted molar refractivity (Wildman–Crippen MR) is 66.5 cm³/mol. The number of benzene rings is 1. The van der Waals surface area contributed by atoms with Crippen LogP contribution in [0.5, 0.6) is 0 Å². The Morgan fingerprint density at radius 3 is 2.62 bits per heavy atom. The van der Waals surface area contributed by atoms with Crippen LogP contribution in [0.15, 0.2) is 45.5 Å². The first kappa shape index (κ1) is 11.7. The predicted octanol–water partition coefficient (Wildman–Crippen LogP) is 3.97. The van der Waals surface area contributed by atoms with Gasteiger partial charge in [0.15, 0.2) is 4.67 Å². The molecule has 0 saturated heterocycles. The fraction of sp³-hybridized carbons (Fsp3) is 0.167. The van der Waals surface area contributed by atoms with Crippen molar-refractivity contribution in [3.8, 4) is 0 Å². The quantitative estimate of drug-likeness (QED) is 0.930. The highest BCUT2D eigenvalue weighted by Gasteiger charge is 2.13. The summed E-state index contributed by atoms with van der Waals surface area (Å²) in [7, 11) is 0. The molecule has 0 spiro atoms. The maximum Gasteiger partial charge on any atom is 0.169 e. The molecule has 0 radical (unpaired) electrons. The van der Waals surface area contributed by atoms with Crippen LogP contribution in [0, 0.1) is 0 Å². The van der Waals surface area contributed by atoms with Gasteiger partial charge in [-0.3, -0.25) is 0 Å². The molecule has 1 heterocycles. The van der Waals surface area contributed by atoms with Crippen molar-refractivity contribution in [2.45, 2.75) is 12.5 Å². The lowest BCUT2D eigenvalue weighted by atomic mass is 10.1. The molecule has 1 atom stereocenters. The lowest BCUT2D eigenvalue weighted by Crippen LogP contribution is -2.00. The zero-order chi connectivity index (χ0) is 11.5. The van der Waals surface area contributed by atoms with E-state index in [1.165, 1.54) is 0 Å². The van der Waals surface area contributed by atoms with Gasteiger partial charge in [0.05, 0.1) is 0 Å². The second-order valence-corrected chi connectivity index (χ2v) is 4.64. The highest BCUT2D eigenvalue weighted by atomic mass is 79.9. The van der Waals surface area contributed by atoms with Gasteiger partial charge in [0.1, 0.15) is 11.9 Å². The standard InChI is InChI=1S/C12H10BrClO2/c13-12-6-5-11(16-12)10(15)7-8-3-1-2-4-9(8)14/h1-6,10,15H,7H2. The van der Waals surface area contributed by atoms with Gasteiger partial charge in [0, 0.05) is 11.4 Å². The Kier molecular flexibility index (Phi) is 3.69. The van der Waals surface area contributed by atoms with Gasteiger partial charge in [-0.25, -0.2) is 0 Å². The molecular formula is C12H10BrClO2. The molecular weight excluding hydrogens is 291 g/mol.